The van der Waals surface area contributed by atoms with Crippen molar-refractivity contribution in [1.29, 1.82) is 0 Å². The SMILES string of the molecule is CCNC(Cc1ccc(I)cc1)c1cc(Br)ccc1I. The summed E-state index contributed by atoms with van der Waals surface area (Å²) in [5, 5.41) is 3.60. The Labute approximate surface area is 156 Å². The molecule has 0 aliphatic carbocycles. The summed E-state index contributed by atoms with van der Waals surface area (Å²) in [5.74, 6) is 0. The van der Waals surface area contributed by atoms with Gasteiger partial charge in [-0.25, -0.2) is 0 Å². The molecule has 2 rings (SSSR count). The molecule has 0 aromatic heterocycles. The van der Waals surface area contributed by atoms with E-state index in [0.29, 0.717) is 6.04 Å². The van der Waals surface area contributed by atoms with Crippen LogP contribution in [0.1, 0.15) is 24.1 Å². The van der Waals surface area contributed by atoms with Crippen LogP contribution in [-0.2, 0) is 6.42 Å². The van der Waals surface area contributed by atoms with E-state index in [0.717, 1.165) is 17.4 Å². The first-order chi connectivity index (χ1) is 9.60. The number of benzene rings is 2. The second-order valence-corrected chi connectivity index (χ2v) is 7.93. The van der Waals surface area contributed by atoms with Crippen molar-refractivity contribution in [1.82, 2.24) is 5.32 Å². The summed E-state index contributed by atoms with van der Waals surface area (Å²) < 4.78 is 3.73. The number of hydrogen-bond donors (Lipinski definition) is 1. The molecule has 0 aliphatic heterocycles. The molecule has 4 heteroatoms. The monoisotopic (exact) mass is 555 g/mol. The molecule has 106 valence electrons. The van der Waals surface area contributed by atoms with Crippen LogP contribution in [-0.4, -0.2) is 6.54 Å². The second kappa shape index (κ2) is 8.10. The third-order valence-corrected chi connectivity index (χ3v) is 5.33. The van der Waals surface area contributed by atoms with Crippen LogP contribution in [0, 0.1) is 7.14 Å². The molecule has 1 nitrogen and oxygen atoms in total. The standard InChI is InChI=1S/C16H16BrI2N/c1-2-20-16(9-11-3-6-13(18)7-4-11)14-10-12(17)5-8-15(14)19/h3-8,10,16,20H,2,9H2,1H3. The Morgan fingerprint density at radius 2 is 1.80 bits per heavy atom. The molecule has 2 aromatic carbocycles. The van der Waals surface area contributed by atoms with Crippen LogP contribution in [0.15, 0.2) is 46.9 Å². The zero-order valence-corrected chi connectivity index (χ0v) is 17.1. The van der Waals surface area contributed by atoms with Gasteiger partial charge in [0.1, 0.15) is 0 Å². The van der Waals surface area contributed by atoms with Crippen molar-refractivity contribution < 1.29 is 0 Å². The molecular weight excluding hydrogens is 540 g/mol. The van der Waals surface area contributed by atoms with Crippen molar-refractivity contribution in [3.63, 3.8) is 0 Å². The van der Waals surface area contributed by atoms with Crippen LogP contribution in [0.25, 0.3) is 0 Å². The van der Waals surface area contributed by atoms with Gasteiger partial charge in [0.25, 0.3) is 0 Å². The van der Waals surface area contributed by atoms with E-state index in [1.807, 2.05) is 0 Å². The van der Waals surface area contributed by atoms with Gasteiger partial charge < -0.3 is 5.32 Å². The zero-order chi connectivity index (χ0) is 14.5. The number of likely N-dealkylation sites (N-methyl/N-ethyl adjacent to an activating group) is 1. The van der Waals surface area contributed by atoms with Gasteiger partial charge in [0.05, 0.1) is 0 Å². The fraction of sp³-hybridized carbons (Fsp3) is 0.250. The number of rotatable bonds is 5. The zero-order valence-electron chi connectivity index (χ0n) is 11.2. The summed E-state index contributed by atoms with van der Waals surface area (Å²) in [6.07, 6.45) is 1.01. The highest BCUT2D eigenvalue weighted by Gasteiger charge is 2.14. The lowest BCUT2D eigenvalue weighted by Crippen LogP contribution is -2.23. The summed E-state index contributed by atoms with van der Waals surface area (Å²) in [7, 11) is 0. The fourth-order valence-corrected chi connectivity index (χ4v) is 3.63. The number of halogens is 3. The molecule has 0 aliphatic rings. The molecule has 1 N–H and O–H groups in total. The average Bonchev–Trinajstić information content (AvgIpc) is 2.43. The smallest absolute Gasteiger partial charge is 0.0371 e. The Morgan fingerprint density at radius 3 is 2.45 bits per heavy atom. The van der Waals surface area contributed by atoms with Crippen molar-refractivity contribution in [2.75, 3.05) is 6.54 Å². The maximum absolute atomic E-state index is 3.60. The molecule has 1 unspecified atom stereocenters. The topological polar surface area (TPSA) is 12.0 Å². The Kier molecular flexibility index (Phi) is 6.77. The minimum Gasteiger partial charge on any atom is -0.310 e. The first-order valence-corrected chi connectivity index (χ1v) is 9.48. The van der Waals surface area contributed by atoms with E-state index < -0.39 is 0 Å². The number of hydrogen-bond acceptors (Lipinski definition) is 1. The predicted octanol–water partition coefficient (Wildman–Crippen LogP) is 5.55. The van der Waals surface area contributed by atoms with Gasteiger partial charge in [0, 0.05) is 17.7 Å². The van der Waals surface area contributed by atoms with Gasteiger partial charge in [0.15, 0.2) is 0 Å². The lowest BCUT2D eigenvalue weighted by Gasteiger charge is -2.20. The number of nitrogens with one attached hydrogen (secondary N) is 1. The quantitative estimate of drug-likeness (QED) is 0.477. The first-order valence-electron chi connectivity index (χ1n) is 6.53. The molecule has 1 atom stereocenters. The maximum Gasteiger partial charge on any atom is 0.0371 e. The Morgan fingerprint density at radius 1 is 1.10 bits per heavy atom. The molecule has 2 aromatic rings. The maximum atomic E-state index is 3.60. The molecule has 0 fully saturated rings. The summed E-state index contributed by atoms with van der Waals surface area (Å²) >= 11 is 8.34. The van der Waals surface area contributed by atoms with Crippen molar-refractivity contribution in [3.8, 4) is 0 Å². The third-order valence-electron chi connectivity index (χ3n) is 3.14. The lowest BCUT2D eigenvalue weighted by atomic mass is 9.99. The van der Waals surface area contributed by atoms with E-state index in [2.05, 4.69) is 116 Å². The van der Waals surface area contributed by atoms with Gasteiger partial charge in [-0.05, 0) is 99.6 Å². The molecule has 0 saturated heterocycles. The van der Waals surface area contributed by atoms with E-state index in [1.54, 1.807) is 0 Å². The molecule has 0 spiro atoms. The van der Waals surface area contributed by atoms with Crippen LogP contribution in [0.3, 0.4) is 0 Å². The van der Waals surface area contributed by atoms with Crippen LogP contribution >= 0.6 is 61.1 Å². The van der Waals surface area contributed by atoms with Gasteiger partial charge in [-0.15, -0.1) is 0 Å². The minimum absolute atomic E-state index is 0.351. The summed E-state index contributed by atoms with van der Waals surface area (Å²) in [6.45, 7) is 3.13. The molecule has 0 amide bonds. The van der Waals surface area contributed by atoms with Gasteiger partial charge >= 0.3 is 0 Å². The van der Waals surface area contributed by atoms with Crippen LogP contribution in [0.4, 0.5) is 0 Å². The first kappa shape index (κ1) is 16.7. The van der Waals surface area contributed by atoms with Crippen molar-refractivity contribution >= 4 is 61.1 Å². The van der Waals surface area contributed by atoms with E-state index >= 15 is 0 Å². The third kappa shape index (κ3) is 4.68. The van der Waals surface area contributed by atoms with Crippen LogP contribution in [0.5, 0.6) is 0 Å². The largest absolute Gasteiger partial charge is 0.310 e. The van der Waals surface area contributed by atoms with Crippen LogP contribution in [0.2, 0.25) is 0 Å². The Bertz CT molecular complexity index is 569. The van der Waals surface area contributed by atoms with E-state index in [4.69, 9.17) is 0 Å². The molecule has 0 heterocycles. The van der Waals surface area contributed by atoms with Gasteiger partial charge in [0.2, 0.25) is 0 Å². The van der Waals surface area contributed by atoms with E-state index in [1.165, 1.54) is 18.3 Å². The lowest BCUT2D eigenvalue weighted by molar-refractivity contribution is 0.547. The highest BCUT2D eigenvalue weighted by molar-refractivity contribution is 14.1. The van der Waals surface area contributed by atoms with E-state index in [9.17, 15) is 0 Å². The molecule has 0 saturated carbocycles. The highest BCUT2D eigenvalue weighted by atomic mass is 127. The highest BCUT2D eigenvalue weighted by Crippen LogP contribution is 2.27. The summed E-state index contributed by atoms with van der Waals surface area (Å²) in [4.78, 5) is 0. The average molecular weight is 556 g/mol. The minimum atomic E-state index is 0.351. The van der Waals surface area contributed by atoms with Crippen LogP contribution < -0.4 is 5.32 Å². The second-order valence-electron chi connectivity index (χ2n) is 4.61. The molecule has 0 radical (unpaired) electrons. The Balaban J connectivity index is 2.26. The molecular formula is C16H16BrI2N. The summed E-state index contributed by atoms with van der Waals surface area (Å²) in [6, 6.07) is 15.6. The van der Waals surface area contributed by atoms with Crippen molar-refractivity contribution in [3.05, 3.63) is 65.2 Å². The fourth-order valence-electron chi connectivity index (χ4n) is 2.18. The predicted molar refractivity (Wildman–Crippen MR) is 106 cm³/mol. The Hall–Kier alpha value is 0.340. The van der Waals surface area contributed by atoms with Crippen molar-refractivity contribution in [2.45, 2.75) is 19.4 Å². The van der Waals surface area contributed by atoms with E-state index in [-0.39, 0.29) is 0 Å². The summed E-state index contributed by atoms with van der Waals surface area (Å²) in [5.41, 5.74) is 2.73. The molecule has 0 bridgehead atoms. The normalized spacial score (nSPS) is 12.4. The molecule has 20 heavy (non-hydrogen) atoms. The van der Waals surface area contributed by atoms with Crippen molar-refractivity contribution in [2.24, 2.45) is 0 Å². The van der Waals surface area contributed by atoms with Gasteiger partial charge in [-0.2, -0.15) is 0 Å². The van der Waals surface area contributed by atoms with Gasteiger partial charge in [-0.1, -0.05) is 35.0 Å². The van der Waals surface area contributed by atoms with Gasteiger partial charge in [-0.3, -0.25) is 0 Å².